The Hall–Kier alpha value is -1.83. The zero-order chi connectivity index (χ0) is 13.8. The van der Waals surface area contributed by atoms with Gasteiger partial charge in [0.2, 0.25) is 0 Å². The quantitative estimate of drug-likeness (QED) is 0.861. The lowest BCUT2D eigenvalue weighted by atomic mass is 10.3. The molecule has 0 unspecified atom stereocenters. The number of ether oxygens (including phenoxy) is 1. The number of hydrogen-bond acceptors (Lipinski definition) is 6. The molecule has 0 bridgehead atoms. The Morgan fingerprint density at radius 2 is 2.00 bits per heavy atom. The number of nitrogens with zero attached hydrogens (tertiary/aromatic N) is 3. The van der Waals surface area contributed by atoms with E-state index in [0.29, 0.717) is 43.6 Å². The average Bonchev–Trinajstić information content (AvgIpc) is 2.85. The van der Waals surface area contributed by atoms with E-state index in [1.165, 1.54) is 11.3 Å². The number of thiazole rings is 1. The van der Waals surface area contributed by atoms with E-state index in [9.17, 15) is 9.59 Å². The van der Waals surface area contributed by atoms with Crippen LogP contribution in [-0.2, 0) is 4.74 Å². The van der Waals surface area contributed by atoms with E-state index in [-0.39, 0.29) is 12.0 Å². The second kappa shape index (κ2) is 5.87. The van der Waals surface area contributed by atoms with Gasteiger partial charge in [-0.25, -0.2) is 9.78 Å². The first-order valence-electron chi connectivity index (χ1n) is 6.03. The van der Waals surface area contributed by atoms with Gasteiger partial charge in [-0.05, 0) is 6.92 Å². The summed E-state index contributed by atoms with van der Waals surface area (Å²) in [6, 6.07) is 0. The van der Waals surface area contributed by atoms with Crippen LogP contribution in [0.3, 0.4) is 0 Å². The van der Waals surface area contributed by atoms with Crippen LogP contribution in [0, 0.1) is 0 Å². The minimum Gasteiger partial charge on any atom is -0.450 e. The minimum atomic E-state index is -0.326. The summed E-state index contributed by atoms with van der Waals surface area (Å²) in [5, 5.41) is 2.03. The molecule has 104 valence electrons. The largest absolute Gasteiger partial charge is 0.450 e. The van der Waals surface area contributed by atoms with Crippen molar-refractivity contribution in [2.75, 3.05) is 38.5 Å². The maximum absolute atomic E-state index is 12.1. The number of piperazine rings is 1. The fourth-order valence-corrected chi connectivity index (χ4v) is 2.39. The van der Waals surface area contributed by atoms with E-state index in [1.807, 2.05) is 0 Å². The Bertz CT molecular complexity index is 468. The van der Waals surface area contributed by atoms with Crippen molar-refractivity contribution in [3.63, 3.8) is 0 Å². The molecule has 7 nitrogen and oxygen atoms in total. The lowest BCUT2D eigenvalue weighted by Gasteiger charge is -2.33. The van der Waals surface area contributed by atoms with Gasteiger partial charge in [0, 0.05) is 31.6 Å². The summed E-state index contributed by atoms with van der Waals surface area (Å²) in [5.41, 5.74) is 5.88. The van der Waals surface area contributed by atoms with Gasteiger partial charge >= 0.3 is 6.09 Å². The van der Waals surface area contributed by atoms with Crippen LogP contribution in [0.1, 0.15) is 17.4 Å². The molecule has 0 atom stereocenters. The third-order valence-corrected chi connectivity index (χ3v) is 3.51. The number of rotatable bonds is 2. The first-order valence-corrected chi connectivity index (χ1v) is 6.91. The van der Waals surface area contributed by atoms with Crippen LogP contribution in [0.2, 0.25) is 0 Å². The predicted octanol–water partition coefficient (Wildman–Crippen LogP) is 0.640. The van der Waals surface area contributed by atoms with Crippen LogP contribution < -0.4 is 5.73 Å². The van der Waals surface area contributed by atoms with Gasteiger partial charge in [0.15, 0.2) is 5.13 Å². The first-order chi connectivity index (χ1) is 9.11. The number of nitrogen functional groups attached to an aromatic ring is 1. The van der Waals surface area contributed by atoms with Crippen molar-refractivity contribution in [3.05, 3.63) is 11.1 Å². The zero-order valence-corrected chi connectivity index (χ0v) is 11.5. The molecule has 1 aromatic rings. The van der Waals surface area contributed by atoms with E-state index in [4.69, 9.17) is 10.5 Å². The lowest BCUT2D eigenvalue weighted by Crippen LogP contribution is -2.50. The minimum absolute atomic E-state index is 0.142. The Labute approximate surface area is 115 Å². The number of carbonyl (C=O) groups is 2. The molecule has 1 saturated heterocycles. The van der Waals surface area contributed by atoms with Crippen molar-refractivity contribution in [1.82, 2.24) is 14.8 Å². The molecule has 19 heavy (non-hydrogen) atoms. The van der Waals surface area contributed by atoms with E-state index in [1.54, 1.807) is 22.1 Å². The summed E-state index contributed by atoms with van der Waals surface area (Å²) < 4.78 is 4.92. The highest BCUT2D eigenvalue weighted by Crippen LogP contribution is 2.14. The molecule has 2 N–H and O–H groups in total. The molecular formula is C11H16N4O3S. The monoisotopic (exact) mass is 284 g/mol. The highest BCUT2D eigenvalue weighted by Gasteiger charge is 2.26. The number of nitrogens with two attached hydrogens (primary N) is 1. The van der Waals surface area contributed by atoms with E-state index in [2.05, 4.69) is 4.98 Å². The van der Waals surface area contributed by atoms with E-state index >= 15 is 0 Å². The second-order valence-electron chi connectivity index (χ2n) is 4.05. The Morgan fingerprint density at radius 3 is 2.53 bits per heavy atom. The fourth-order valence-electron chi connectivity index (χ4n) is 1.85. The van der Waals surface area contributed by atoms with Crippen LogP contribution >= 0.6 is 11.3 Å². The molecule has 2 amide bonds. The highest BCUT2D eigenvalue weighted by molar-refractivity contribution is 7.13. The average molecular weight is 284 g/mol. The maximum Gasteiger partial charge on any atom is 0.409 e. The van der Waals surface area contributed by atoms with Crippen molar-refractivity contribution >= 4 is 28.5 Å². The first kappa shape index (κ1) is 13.6. The Kier molecular flexibility index (Phi) is 4.20. The maximum atomic E-state index is 12.1. The number of aromatic nitrogens is 1. The topological polar surface area (TPSA) is 88.8 Å². The highest BCUT2D eigenvalue weighted by atomic mass is 32.1. The van der Waals surface area contributed by atoms with Gasteiger partial charge in [-0.3, -0.25) is 4.79 Å². The number of anilines is 1. The van der Waals surface area contributed by atoms with Gasteiger partial charge < -0.3 is 20.3 Å². The van der Waals surface area contributed by atoms with Gasteiger partial charge in [-0.1, -0.05) is 0 Å². The van der Waals surface area contributed by atoms with Gasteiger partial charge in [0.25, 0.3) is 5.91 Å². The fraction of sp³-hybridized carbons (Fsp3) is 0.545. The van der Waals surface area contributed by atoms with Crippen molar-refractivity contribution in [2.24, 2.45) is 0 Å². The smallest absolute Gasteiger partial charge is 0.409 e. The van der Waals surface area contributed by atoms with Gasteiger partial charge in [0.05, 0.1) is 6.61 Å². The van der Waals surface area contributed by atoms with Crippen LogP contribution in [-0.4, -0.2) is 59.6 Å². The van der Waals surface area contributed by atoms with Crippen LogP contribution in [0.4, 0.5) is 9.93 Å². The third kappa shape index (κ3) is 3.14. The van der Waals surface area contributed by atoms with Crippen molar-refractivity contribution in [1.29, 1.82) is 0 Å². The molecule has 1 aromatic heterocycles. The van der Waals surface area contributed by atoms with Crippen LogP contribution in [0.15, 0.2) is 5.38 Å². The number of carbonyl (C=O) groups excluding carboxylic acids is 2. The Balaban J connectivity index is 1.89. The van der Waals surface area contributed by atoms with Crippen molar-refractivity contribution < 1.29 is 14.3 Å². The standard InChI is InChI=1S/C11H16N4O3S/c1-2-18-11(17)15-5-3-14(4-6-15)9(16)8-7-19-10(12)13-8/h7H,2-6H2,1H3,(H2,12,13). The lowest BCUT2D eigenvalue weighted by molar-refractivity contribution is 0.0566. The van der Waals surface area contributed by atoms with E-state index in [0.717, 1.165) is 0 Å². The second-order valence-corrected chi connectivity index (χ2v) is 4.94. The molecule has 0 aliphatic carbocycles. The molecule has 1 aliphatic heterocycles. The van der Waals surface area contributed by atoms with Gasteiger partial charge in [-0.15, -0.1) is 11.3 Å². The SMILES string of the molecule is CCOC(=O)N1CCN(C(=O)c2csc(N)n2)CC1. The summed E-state index contributed by atoms with van der Waals surface area (Å²) in [6.45, 7) is 4.04. The van der Waals surface area contributed by atoms with Gasteiger partial charge in [-0.2, -0.15) is 0 Å². The summed E-state index contributed by atoms with van der Waals surface area (Å²) in [4.78, 5) is 30.9. The molecular weight excluding hydrogens is 268 g/mol. The molecule has 1 fully saturated rings. The zero-order valence-electron chi connectivity index (χ0n) is 10.7. The molecule has 0 saturated carbocycles. The summed E-state index contributed by atoms with van der Waals surface area (Å²) >= 11 is 1.24. The summed E-state index contributed by atoms with van der Waals surface area (Å²) in [6.07, 6.45) is -0.326. The third-order valence-electron chi connectivity index (χ3n) is 2.83. The van der Waals surface area contributed by atoms with E-state index < -0.39 is 0 Å². The molecule has 2 heterocycles. The Morgan fingerprint density at radius 1 is 1.37 bits per heavy atom. The number of amides is 2. The molecule has 1 aliphatic rings. The summed E-state index contributed by atoms with van der Waals surface area (Å²) in [5.74, 6) is -0.142. The van der Waals surface area contributed by atoms with Crippen molar-refractivity contribution in [2.45, 2.75) is 6.92 Å². The van der Waals surface area contributed by atoms with Crippen LogP contribution in [0.25, 0.3) is 0 Å². The normalized spacial score (nSPS) is 15.4. The summed E-state index contributed by atoms with van der Waals surface area (Å²) in [7, 11) is 0. The van der Waals surface area contributed by atoms with Crippen LogP contribution in [0.5, 0.6) is 0 Å². The molecule has 2 rings (SSSR count). The molecule has 0 aromatic carbocycles. The van der Waals surface area contributed by atoms with Crippen molar-refractivity contribution in [3.8, 4) is 0 Å². The molecule has 8 heteroatoms. The number of hydrogen-bond donors (Lipinski definition) is 1. The molecule has 0 radical (unpaired) electrons. The molecule has 0 spiro atoms. The predicted molar refractivity (Wildman–Crippen MR) is 71.0 cm³/mol. The van der Waals surface area contributed by atoms with Gasteiger partial charge in [0.1, 0.15) is 5.69 Å².